The van der Waals surface area contributed by atoms with Gasteiger partial charge < -0.3 is 4.74 Å². The molecule has 4 nitrogen and oxygen atoms in total. The predicted octanol–water partition coefficient (Wildman–Crippen LogP) is 3.61. The molecule has 0 radical (unpaired) electrons. The van der Waals surface area contributed by atoms with Crippen molar-refractivity contribution >= 4 is 22.6 Å². The van der Waals surface area contributed by atoms with Gasteiger partial charge in [0.25, 0.3) is 0 Å². The Bertz CT molecular complexity index is 737. The highest BCUT2D eigenvalue weighted by molar-refractivity contribution is 14.1. The molecule has 21 heavy (non-hydrogen) atoms. The van der Waals surface area contributed by atoms with Crippen LogP contribution < -0.4 is 4.74 Å². The van der Waals surface area contributed by atoms with E-state index in [1.54, 1.807) is 7.11 Å². The topological polar surface area (TPSA) is 39.9 Å². The van der Waals surface area contributed by atoms with Crippen molar-refractivity contribution in [2.75, 3.05) is 7.11 Å². The minimum Gasteiger partial charge on any atom is -0.497 e. The van der Waals surface area contributed by atoms with E-state index in [1.807, 2.05) is 47.3 Å². The maximum atomic E-state index is 5.16. The van der Waals surface area contributed by atoms with E-state index in [1.165, 1.54) is 9.13 Å². The van der Waals surface area contributed by atoms with Gasteiger partial charge in [-0.1, -0.05) is 23.4 Å². The van der Waals surface area contributed by atoms with Crippen molar-refractivity contribution in [2.24, 2.45) is 0 Å². The third-order valence-corrected chi connectivity index (χ3v) is 4.27. The summed E-state index contributed by atoms with van der Waals surface area (Å²) in [7, 11) is 1.66. The molecule has 5 heteroatoms. The lowest BCUT2D eigenvalue weighted by Gasteiger charge is -2.03. The largest absolute Gasteiger partial charge is 0.497 e. The summed E-state index contributed by atoms with van der Waals surface area (Å²) in [6, 6.07) is 16.1. The molecule has 0 unspecified atom stereocenters. The Morgan fingerprint density at radius 3 is 2.57 bits per heavy atom. The summed E-state index contributed by atoms with van der Waals surface area (Å²) in [6.07, 6.45) is 1.96. The highest BCUT2D eigenvalue weighted by Crippen LogP contribution is 2.20. The van der Waals surface area contributed by atoms with Crippen LogP contribution in [0.3, 0.4) is 0 Å². The van der Waals surface area contributed by atoms with Crippen molar-refractivity contribution in [1.29, 1.82) is 0 Å². The van der Waals surface area contributed by atoms with Gasteiger partial charge in [0.05, 0.1) is 19.9 Å². The molecule has 0 saturated carbocycles. The number of hydrogen-bond donors (Lipinski definition) is 0. The quantitative estimate of drug-likeness (QED) is 0.638. The van der Waals surface area contributed by atoms with E-state index in [-0.39, 0.29) is 0 Å². The van der Waals surface area contributed by atoms with Crippen LogP contribution in [0.1, 0.15) is 5.56 Å². The van der Waals surface area contributed by atoms with Crippen molar-refractivity contribution < 1.29 is 4.74 Å². The monoisotopic (exact) mass is 391 g/mol. The van der Waals surface area contributed by atoms with Crippen molar-refractivity contribution in [3.8, 4) is 17.0 Å². The van der Waals surface area contributed by atoms with Crippen LogP contribution in [0.15, 0.2) is 54.7 Å². The van der Waals surface area contributed by atoms with Crippen LogP contribution in [0.25, 0.3) is 11.3 Å². The fourth-order valence-electron chi connectivity index (χ4n) is 2.07. The van der Waals surface area contributed by atoms with Crippen LogP contribution in [0, 0.1) is 3.57 Å². The third-order valence-electron chi connectivity index (χ3n) is 3.21. The van der Waals surface area contributed by atoms with Gasteiger partial charge in [0.1, 0.15) is 11.4 Å². The number of halogens is 1. The van der Waals surface area contributed by atoms with E-state index >= 15 is 0 Å². The highest BCUT2D eigenvalue weighted by Gasteiger charge is 2.06. The first kappa shape index (κ1) is 14.1. The molecule has 0 aliphatic carbocycles. The summed E-state index contributed by atoms with van der Waals surface area (Å²) in [5, 5.41) is 8.44. The predicted molar refractivity (Wildman–Crippen MR) is 90.3 cm³/mol. The maximum Gasteiger partial charge on any atom is 0.118 e. The lowest BCUT2D eigenvalue weighted by Crippen LogP contribution is -2.01. The van der Waals surface area contributed by atoms with E-state index in [2.05, 4.69) is 45.0 Å². The van der Waals surface area contributed by atoms with Crippen LogP contribution in [0.2, 0.25) is 0 Å². The first-order chi connectivity index (χ1) is 10.3. The third kappa shape index (κ3) is 3.24. The molecule has 0 aliphatic heterocycles. The molecule has 3 rings (SSSR count). The van der Waals surface area contributed by atoms with Gasteiger partial charge >= 0.3 is 0 Å². The van der Waals surface area contributed by atoms with Crippen LogP contribution in [0.5, 0.6) is 5.75 Å². The fraction of sp³-hybridized carbons (Fsp3) is 0.125. The molecule has 0 bridgehead atoms. The Balaban J connectivity index is 1.81. The molecule has 0 saturated heterocycles. The lowest BCUT2D eigenvalue weighted by molar-refractivity contribution is 0.415. The van der Waals surface area contributed by atoms with Crippen LogP contribution in [-0.4, -0.2) is 22.1 Å². The molecule has 1 aromatic heterocycles. The number of methoxy groups -OCH3 is 1. The SMILES string of the molecule is COc1ccc(-c2cn(Cc3ccccc3I)nn2)cc1. The molecule has 0 atom stereocenters. The molecule has 0 aliphatic rings. The summed E-state index contributed by atoms with van der Waals surface area (Å²) in [4.78, 5) is 0. The van der Waals surface area contributed by atoms with Crippen molar-refractivity contribution in [3.63, 3.8) is 0 Å². The van der Waals surface area contributed by atoms with E-state index in [0.717, 1.165) is 23.6 Å². The zero-order valence-corrected chi connectivity index (χ0v) is 13.7. The van der Waals surface area contributed by atoms with Gasteiger partial charge in [-0.15, -0.1) is 5.10 Å². The smallest absolute Gasteiger partial charge is 0.118 e. The zero-order valence-electron chi connectivity index (χ0n) is 11.5. The van der Waals surface area contributed by atoms with E-state index < -0.39 is 0 Å². The van der Waals surface area contributed by atoms with Crippen molar-refractivity contribution in [2.45, 2.75) is 6.54 Å². The number of rotatable bonds is 4. The molecule has 0 fully saturated rings. The van der Waals surface area contributed by atoms with E-state index in [4.69, 9.17) is 4.74 Å². The first-order valence-corrected chi connectivity index (χ1v) is 7.62. The summed E-state index contributed by atoms with van der Waals surface area (Å²) in [5.74, 6) is 0.838. The molecular weight excluding hydrogens is 377 g/mol. The molecule has 106 valence electrons. The molecule has 1 heterocycles. The summed E-state index contributed by atoms with van der Waals surface area (Å²) >= 11 is 2.34. The summed E-state index contributed by atoms with van der Waals surface area (Å²) in [5.41, 5.74) is 3.14. The Kier molecular flexibility index (Phi) is 4.19. The lowest BCUT2D eigenvalue weighted by atomic mass is 10.1. The van der Waals surface area contributed by atoms with Gasteiger partial charge in [-0.3, -0.25) is 0 Å². The van der Waals surface area contributed by atoms with Crippen molar-refractivity contribution in [3.05, 3.63) is 63.9 Å². The van der Waals surface area contributed by atoms with Crippen LogP contribution in [0.4, 0.5) is 0 Å². The van der Waals surface area contributed by atoms with Crippen LogP contribution in [-0.2, 0) is 6.54 Å². The number of hydrogen-bond acceptors (Lipinski definition) is 3. The highest BCUT2D eigenvalue weighted by atomic mass is 127. The molecule has 0 spiro atoms. The second-order valence-electron chi connectivity index (χ2n) is 4.62. The Morgan fingerprint density at radius 2 is 1.86 bits per heavy atom. The Labute approximate surface area is 136 Å². The average Bonchev–Trinajstić information content (AvgIpc) is 2.98. The van der Waals surface area contributed by atoms with Crippen LogP contribution >= 0.6 is 22.6 Å². The standard InChI is InChI=1S/C16H14IN3O/c1-21-14-8-6-12(7-9-14)16-11-20(19-18-16)10-13-4-2-3-5-15(13)17/h2-9,11H,10H2,1H3. The Morgan fingerprint density at radius 1 is 1.10 bits per heavy atom. The minimum atomic E-state index is 0.724. The molecule has 2 aromatic carbocycles. The molecule has 0 amide bonds. The summed E-state index contributed by atoms with van der Waals surface area (Å²) < 4.78 is 8.25. The van der Waals surface area contributed by atoms with Crippen molar-refractivity contribution in [1.82, 2.24) is 15.0 Å². The maximum absolute atomic E-state index is 5.16. The normalized spacial score (nSPS) is 10.6. The second-order valence-corrected chi connectivity index (χ2v) is 5.78. The number of aromatic nitrogens is 3. The second kappa shape index (κ2) is 6.26. The Hall–Kier alpha value is -1.89. The van der Waals surface area contributed by atoms with Gasteiger partial charge in [-0.2, -0.15) is 0 Å². The van der Waals surface area contributed by atoms with E-state index in [0.29, 0.717) is 0 Å². The average molecular weight is 391 g/mol. The van der Waals surface area contributed by atoms with Gasteiger partial charge in [-0.25, -0.2) is 4.68 Å². The summed E-state index contributed by atoms with van der Waals surface area (Å²) in [6.45, 7) is 0.724. The molecule has 0 N–H and O–H groups in total. The molecular formula is C16H14IN3O. The van der Waals surface area contributed by atoms with Gasteiger partial charge in [-0.05, 0) is 58.5 Å². The molecule has 3 aromatic rings. The minimum absolute atomic E-state index is 0.724. The number of nitrogens with zero attached hydrogens (tertiary/aromatic N) is 3. The fourth-order valence-corrected chi connectivity index (χ4v) is 2.63. The number of benzene rings is 2. The zero-order chi connectivity index (χ0) is 14.7. The van der Waals surface area contributed by atoms with Gasteiger partial charge in [0.15, 0.2) is 0 Å². The van der Waals surface area contributed by atoms with E-state index in [9.17, 15) is 0 Å². The number of ether oxygens (including phenoxy) is 1. The van der Waals surface area contributed by atoms with Gasteiger partial charge in [0, 0.05) is 9.13 Å². The first-order valence-electron chi connectivity index (χ1n) is 6.54. The van der Waals surface area contributed by atoms with Gasteiger partial charge in [0.2, 0.25) is 0 Å².